The molecule has 0 spiro atoms. The number of aromatic nitrogens is 1. The first-order valence-electron chi connectivity index (χ1n) is 7.28. The average Bonchev–Trinajstić information content (AvgIpc) is 2.52. The summed E-state index contributed by atoms with van der Waals surface area (Å²) in [5, 5.41) is 18.9. The number of amides is 2. The Balaban J connectivity index is 1.76. The molecule has 4 N–H and O–H groups in total. The standard InChI is InChI=1S/C16H18Cl2N4O2/c1-10-3-2-4-11(5-10)22-16(24)21-7-12(23)6-20-15-13(17)8-19-9-14(15)18/h2-5,8-9,12,23H,6-7H2,1H3,(H,19,20)(H2,21,22,24). The molecule has 0 radical (unpaired) electrons. The molecule has 8 heteroatoms. The largest absolute Gasteiger partial charge is 0.389 e. The van der Waals surface area contributed by atoms with Gasteiger partial charge in [-0.05, 0) is 24.6 Å². The minimum atomic E-state index is -0.812. The van der Waals surface area contributed by atoms with Crippen molar-refractivity contribution in [1.82, 2.24) is 10.3 Å². The number of aryl methyl sites for hydroxylation is 1. The van der Waals surface area contributed by atoms with Crippen LogP contribution >= 0.6 is 23.2 Å². The van der Waals surface area contributed by atoms with E-state index in [2.05, 4.69) is 20.9 Å². The van der Waals surface area contributed by atoms with Gasteiger partial charge in [0, 0.05) is 31.2 Å². The number of carbonyl (C=O) groups excluding carboxylic acids is 1. The summed E-state index contributed by atoms with van der Waals surface area (Å²) in [7, 11) is 0. The number of nitrogens with zero attached hydrogens (tertiary/aromatic N) is 1. The Morgan fingerprint density at radius 3 is 2.62 bits per heavy atom. The van der Waals surface area contributed by atoms with Crippen molar-refractivity contribution in [3.05, 3.63) is 52.3 Å². The van der Waals surface area contributed by atoms with Gasteiger partial charge in [-0.2, -0.15) is 0 Å². The summed E-state index contributed by atoms with van der Waals surface area (Å²) in [6.45, 7) is 2.19. The maximum Gasteiger partial charge on any atom is 0.319 e. The Labute approximate surface area is 150 Å². The Kier molecular flexibility index (Phi) is 6.66. The van der Waals surface area contributed by atoms with Crippen molar-refractivity contribution in [1.29, 1.82) is 0 Å². The van der Waals surface area contributed by atoms with Crippen LogP contribution in [0.3, 0.4) is 0 Å². The summed E-state index contributed by atoms with van der Waals surface area (Å²) in [6, 6.07) is 7.04. The van der Waals surface area contributed by atoms with E-state index in [-0.39, 0.29) is 19.1 Å². The zero-order valence-electron chi connectivity index (χ0n) is 13.0. The van der Waals surface area contributed by atoms with Gasteiger partial charge in [-0.3, -0.25) is 4.98 Å². The van der Waals surface area contributed by atoms with Gasteiger partial charge in [0.25, 0.3) is 0 Å². The molecule has 128 valence electrons. The van der Waals surface area contributed by atoms with Crippen molar-refractivity contribution in [3.63, 3.8) is 0 Å². The first-order valence-corrected chi connectivity index (χ1v) is 8.03. The van der Waals surface area contributed by atoms with Crippen molar-refractivity contribution in [3.8, 4) is 0 Å². The van der Waals surface area contributed by atoms with Crippen LogP contribution in [0.5, 0.6) is 0 Å². The molecule has 1 aromatic carbocycles. The van der Waals surface area contributed by atoms with E-state index in [9.17, 15) is 9.90 Å². The molecule has 1 unspecified atom stereocenters. The molecule has 0 saturated carbocycles. The summed E-state index contributed by atoms with van der Waals surface area (Å²) in [5.74, 6) is 0. The third-order valence-corrected chi connectivity index (χ3v) is 3.72. The highest BCUT2D eigenvalue weighted by Crippen LogP contribution is 2.28. The van der Waals surface area contributed by atoms with E-state index in [1.807, 2.05) is 25.1 Å². The molecule has 1 aromatic heterocycles. The second-order valence-electron chi connectivity index (χ2n) is 5.22. The number of carbonyl (C=O) groups is 1. The van der Waals surface area contributed by atoms with Crippen LogP contribution in [0, 0.1) is 6.92 Å². The number of pyridine rings is 1. The quantitative estimate of drug-likeness (QED) is 0.630. The fourth-order valence-corrected chi connectivity index (χ4v) is 2.48. The van der Waals surface area contributed by atoms with Gasteiger partial charge in [0.15, 0.2) is 0 Å². The van der Waals surface area contributed by atoms with Crippen molar-refractivity contribution >= 4 is 40.6 Å². The van der Waals surface area contributed by atoms with E-state index in [0.717, 1.165) is 5.56 Å². The van der Waals surface area contributed by atoms with E-state index < -0.39 is 6.10 Å². The molecule has 2 rings (SSSR count). The van der Waals surface area contributed by atoms with Gasteiger partial charge < -0.3 is 21.1 Å². The fraction of sp³-hybridized carbons (Fsp3) is 0.250. The van der Waals surface area contributed by atoms with E-state index in [0.29, 0.717) is 21.4 Å². The van der Waals surface area contributed by atoms with Crippen LogP contribution in [-0.2, 0) is 0 Å². The Hall–Kier alpha value is -2.02. The smallest absolute Gasteiger partial charge is 0.319 e. The lowest BCUT2D eigenvalue weighted by atomic mass is 10.2. The predicted molar refractivity (Wildman–Crippen MR) is 97.0 cm³/mol. The third kappa shape index (κ3) is 5.56. The maximum absolute atomic E-state index is 11.8. The van der Waals surface area contributed by atoms with Crippen molar-refractivity contribution < 1.29 is 9.90 Å². The number of benzene rings is 1. The molecule has 0 aliphatic carbocycles. The van der Waals surface area contributed by atoms with E-state index in [1.54, 1.807) is 6.07 Å². The molecule has 0 aliphatic rings. The topological polar surface area (TPSA) is 86.3 Å². The van der Waals surface area contributed by atoms with E-state index >= 15 is 0 Å². The van der Waals surface area contributed by atoms with Crippen LogP contribution < -0.4 is 16.0 Å². The first kappa shape index (κ1) is 18.3. The number of nitrogens with one attached hydrogen (secondary N) is 3. The van der Waals surface area contributed by atoms with Crippen LogP contribution in [0.15, 0.2) is 36.7 Å². The first-order chi connectivity index (χ1) is 11.5. The Morgan fingerprint density at radius 2 is 1.96 bits per heavy atom. The second kappa shape index (κ2) is 8.73. The van der Waals surface area contributed by atoms with Gasteiger partial charge >= 0.3 is 6.03 Å². The SMILES string of the molecule is Cc1cccc(NC(=O)NCC(O)CNc2c(Cl)cncc2Cl)c1. The number of anilines is 2. The molecule has 1 heterocycles. The Morgan fingerprint density at radius 1 is 1.25 bits per heavy atom. The zero-order valence-corrected chi connectivity index (χ0v) is 14.5. The molecule has 0 bridgehead atoms. The number of rotatable bonds is 6. The molecule has 6 nitrogen and oxygen atoms in total. The highest BCUT2D eigenvalue weighted by Gasteiger charge is 2.10. The van der Waals surface area contributed by atoms with Crippen molar-refractivity contribution in [2.75, 3.05) is 23.7 Å². The minimum absolute atomic E-state index is 0.0744. The molecule has 2 amide bonds. The van der Waals surface area contributed by atoms with Gasteiger partial charge in [-0.1, -0.05) is 35.3 Å². The minimum Gasteiger partial charge on any atom is -0.389 e. The maximum atomic E-state index is 11.8. The summed E-state index contributed by atoms with van der Waals surface area (Å²) in [4.78, 5) is 15.7. The number of aliphatic hydroxyl groups is 1. The lowest BCUT2D eigenvalue weighted by molar-refractivity contribution is 0.184. The number of aliphatic hydroxyl groups excluding tert-OH is 1. The van der Waals surface area contributed by atoms with Gasteiger partial charge in [-0.15, -0.1) is 0 Å². The molecule has 0 fully saturated rings. The average molecular weight is 369 g/mol. The molecule has 0 saturated heterocycles. The Bertz CT molecular complexity index is 692. The van der Waals surface area contributed by atoms with Gasteiger partial charge in [-0.25, -0.2) is 4.79 Å². The van der Waals surface area contributed by atoms with Crippen LogP contribution in [0.4, 0.5) is 16.2 Å². The van der Waals surface area contributed by atoms with Crippen molar-refractivity contribution in [2.24, 2.45) is 0 Å². The summed E-state index contributed by atoms with van der Waals surface area (Å²) >= 11 is 11.9. The van der Waals surface area contributed by atoms with Gasteiger partial charge in [0.2, 0.25) is 0 Å². The van der Waals surface area contributed by atoms with Crippen molar-refractivity contribution in [2.45, 2.75) is 13.0 Å². The van der Waals surface area contributed by atoms with Gasteiger partial charge in [0.1, 0.15) is 0 Å². The number of hydrogen-bond acceptors (Lipinski definition) is 4. The lowest BCUT2D eigenvalue weighted by Gasteiger charge is -2.15. The number of urea groups is 1. The summed E-state index contributed by atoms with van der Waals surface area (Å²) in [6.07, 6.45) is 2.10. The lowest BCUT2D eigenvalue weighted by Crippen LogP contribution is -2.38. The molecule has 2 aromatic rings. The molecular weight excluding hydrogens is 351 g/mol. The molecule has 24 heavy (non-hydrogen) atoms. The van der Waals surface area contributed by atoms with E-state index in [1.165, 1.54) is 12.4 Å². The number of halogens is 2. The van der Waals surface area contributed by atoms with Gasteiger partial charge in [0.05, 0.1) is 21.8 Å². The third-order valence-electron chi connectivity index (χ3n) is 3.14. The highest BCUT2D eigenvalue weighted by molar-refractivity contribution is 6.38. The van der Waals surface area contributed by atoms with Crippen LogP contribution in [0.25, 0.3) is 0 Å². The monoisotopic (exact) mass is 368 g/mol. The van der Waals surface area contributed by atoms with E-state index in [4.69, 9.17) is 23.2 Å². The van der Waals surface area contributed by atoms with Crippen LogP contribution in [0.2, 0.25) is 10.0 Å². The highest BCUT2D eigenvalue weighted by atomic mass is 35.5. The molecule has 1 atom stereocenters. The predicted octanol–water partition coefficient (Wildman–Crippen LogP) is 3.29. The second-order valence-corrected chi connectivity index (χ2v) is 6.03. The molecular formula is C16H18Cl2N4O2. The summed E-state index contributed by atoms with van der Waals surface area (Å²) in [5.41, 5.74) is 2.23. The number of hydrogen-bond donors (Lipinski definition) is 4. The normalized spacial score (nSPS) is 11.7. The van der Waals surface area contributed by atoms with Crippen LogP contribution in [0.1, 0.15) is 5.56 Å². The zero-order chi connectivity index (χ0) is 17.5. The summed E-state index contributed by atoms with van der Waals surface area (Å²) < 4.78 is 0. The molecule has 0 aliphatic heterocycles. The fourth-order valence-electron chi connectivity index (χ4n) is 1.98. The van der Waals surface area contributed by atoms with Crippen LogP contribution in [-0.4, -0.2) is 35.3 Å².